The van der Waals surface area contributed by atoms with Gasteiger partial charge >= 0.3 is 6.03 Å². The molecule has 1 unspecified atom stereocenters. The summed E-state index contributed by atoms with van der Waals surface area (Å²) in [5.74, 6) is 0.0201. The summed E-state index contributed by atoms with van der Waals surface area (Å²) >= 11 is 0. The lowest BCUT2D eigenvalue weighted by Crippen LogP contribution is -2.42. The van der Waals surface area contributed by atoms with Gasteiger partial charge in [-0.05, 0) is 61.2 Å². The summed E-state index contributed by atoms with van der Waals surface area (Å²) in [4.78, 5) is 52.6. The van der Waals surface area contributed by atoms with Crippen LogP contribution in [0, 0.1) is 5.92 Å². The number of carbonyl (C=O) groups excluding carboxylic acids is 4. The number of benzene rings is 2. The Morgan fingerprint density at radius 2 is 1.69 bits per heavy atom. The van der Waals surface area contributed by atoms with E-state index < -0.39 is 29.9 Å². The highest BCUT2D eigenvalue weighted by atomic mass is 16.5. The Hall–Kier alpha value is -3.88. The Morgan fingerprint density at radius 1 is 1.06 bits per heavy atom. The van der Waals surface area contributed by atoms with E-state index >= 15 is 0 Å². The van der Waals surface area contributed by atoms with Crippen molar-refractivity contribution >= 4 is 29.4 Å². The molecule has 0 saturated carbocycles. The third-order valence-corrected chi connectivity index (χ3v) is 5.79. The number of rotatable bonds is 9. The zero-order valence-electron chi connectivity index (χ0n) is 20.8. The quantitative estimate of drug-likeness (QED) is 0.536. The average Bonchev–Trinajstić information content (AvgIpc) is 3.03. The van der Waals surface area contributed by atoms with Gasteiger partial charge in [-0.3, -0.25) is 19.3 Å². The molecule has 5 amide bonds. The molecule has 0 spiro atoms. The van der Waals surface area contributed by atoms with E-state index in [0.29, 0.717) is 35.1 Å². The molecule has 1 aliphatic rings. The van der Waals surface area contributed by atoms with Crippen LogP contribution < -0.4 is 15.4 Å². The molecule has 1 heterocycles. The maximum Gasteiger partial charge on any atom is 0.325 e. The molecule has 1 saturated heterocycles. The lowest BCUT2D eigenvalue weighted by Gasteiger charge is -2.22. The normalized spacial score (nSPS) is 17.4. The predicted octanol–water partition coefficient (Wildman–Crippen LogP) is 3.22. The molecular weight excluding hydrogens is 448 g/mol. The van der Waals surface area contributed by atoms with Gasteiger partial charge in [-0.15, -0.1) is 0 Å². The molecule has 1 atom stereocenters. The fraction of sp³-hybridized carbons (Fsp3) is 0.385. The van der Waals surface area contributed by atoms with E-state index in [1.165, 1.54) is 4.90 Å². The first-order valence-corrected chi connectivity index (χ1v) is 11.5. The topological polar surface area (TPSA) is 108 Å². The van der Waals surface area contributed by atoms with E-state index in [1.807, 2.05) is 0 Å². The van der Waals surface area contributed by atoms with Crippen molar-refractivity contribution in [1.82, 2.24) is 15.1 Å². The molecule has 0 bridgehead atoms. The lowest BCUT2D eigenvalue weighted by molar-refractivity contribution is -0.133. The predicted molar refractivity (Wildman–Crippen MR) is 132 cm³/mol. The van der Waals surface area contributed by atoms with E-state index in [0.717, 1.165) is 11.3 Å². The van der Waals surface area contributed by atoms with Crippen LogP contribution in [0.25, 0.3) is 0 Å². The van der Waals surface area contributed by atoms with Gasteiger partial charge in [0.15, 0.2) is 0 Å². The molecule has 9 heteroatoms. The van der Waals surface area contributed by atoms with Crippen LogP contribution >= 0.6 is 0 Å². The minimum absolute atomic E-state index is 0.156. The van der Waals surface area contributed by atoms with Gasteiger partial charge in [0, 0.05) is 25.3 Å². The molecule has 1 aliphatic heterocycles. The molecule has 2 N–H and O–H groups in total. The fourth-order valence-corrected chi connectivity index (χ4v) is 3.63. The number of anilines is 1. The fourth-order valence-electron chi connectivity index (χ4n) is 3.63. The van der Waals surface area contributed by atoms with Gasteiger partial charge in [0.05, 0.1) is 6.61 Å². The third kappa shape index (κ3) is 5.98. The molecule has 186 valence electrons. The van der Waals surface area contributed by atoms with Crippen molar-refractivity contribution < 1.29 is 23.9 Å². The maximum atomic E-state index is 13.1. The third-order valence-electron chi connectivity index (χ3n) is 5.79. The van der Waals surface area contributed by atoms with Gasteiger partial charge in [-0.2, -0.15) is 0 Å². The van der Waals surface area contributed by atoms with Crippen LogP contribution in [-0.4, -0.2) is 60.8 Å². The van der Waals surface area contributed by atoms with Gasteiger partial charge < -0.3 is 20.3 Å². The van der Waals surface area contributed by atoms with E-state index in [-0.39, 0.29) is 5.91 Å². The largest absolute Gasteiger partial charge is 0.494 e. The minimum atomic E-state index is -1.29. The zero-order chi connectivity index (χ0) is 25.8. The first-order valence-electron chi connectivity index (χ1n) is 11.5. The highest BCUT2D eigenvalue weighted by Gasteiger charge is 2.49. The number of imide groups is 1. The van der Waals surface area contributed by atoms with Crippen LogP contribution in [0.3, 0.4) is 0 Å². The van der Waals surface area contributed by atoms with E-state index in [2.05, 4.69) is 24.5 Å². The number of carbonyl (C=O) groups is 4. The number of nitrogens with zero attached hydrogens (tertiary/aromatic N) is 2. The first kappa shape index (κ1) is 25.7. The summed E-state index contributed by atoms with van der Waals surface area (Å²) < 4.78 is 5.72. The van der Waals surface area contributed by atoms with E-state index in [1.54, 1.807) is 69.6 Å². The van der Waals surface area contributed by atoms with Crippen molar-refractivity contribution in [3.63, 3.8) is 0 Å². The molecule has 0 aromatic heterocycles. The standard InChI is InChI=1S/C26H32N4O5/c1-17(2)14-15-35-21-12-8-19(9-13-21)26(3)24(33)30(25(34)28-26)16-22(31)27-20-10-6-18(7-11-20)23(32)29(4)5/h6-13,17H,14-16H2,1-5H3,(H,27,31)(H,28,34). The Morgan fingerprint density at radius 3 is 2.26 bits per heavy atom. The molecule has 0 radical (unpaired) electrons. The van der Waals surface area contributed by atoms with E-state index in [9.17, 15) is 19.2 Å². The van der Waals surface area contributed by atoms with Crippen molar-refractivity contribution in [1.29, 1.82) is 0 Å². The van der Waals surface area contributed by atoms with Crippen LogP contribution in [0.2, 0.25) is 0 Å². The molecule has 9 nitrogen and oxygen atoms in total. The number of urea groups is 1. The number of ether oxygens (including phenoxy) is 1. The summed E-state index contributed by atoms with van der Waals surface area (Å²) in [6, 6.07) is 12.7. The van der Waals surface area contributed by atoms with Gasteiger partial charge in [0.1, 0.15) is 17.8 Å². The number of hydrogen-bond acceptors (Lipinski definition) is 5. The molecule has 35 heavy (non-hydrogen) atoms. The number of amides is 5. The number of hydrogen-bond donors (Lipinski definition) is 2. The van der Waals surface area contributed by atoms with Crippen molar-refractivity contribution in [2.45, 2.75) is 32.7 Å². The second kappa shape index (κ2) is 10.6. The van der Waals surface area contributed by atoms with Gasteiger partial charge in [-0.25, -0.2) is 4.79 Å². The van der Waals surface area contributed by atoms with Crippen LogP contribution in [0.5, 0.6) is 5.75 Å². The van der Waals surface area contributed by atoms with Gasteiger partial charge in [0.2, 0.25) is 5.91 Å². The van der Waals surface area contributed by atoms with Gasteiger partial charge in [0.25, 0.3) is 11.8 Å². The smallest absolute Gasteiger partial charge is 0.325 e. The van der Waals surface area contributed by atoms with Gasteiger partial charge in [-0.1, -0.05) is 26.0 Å². The lowest BCUT2D eigenvalue weighted by atomic mass is 9.92. The summed E-state index contributed by atoms with van der Waals surface area (Å²) in [5.41, 5.74) is 0.237. The van der Waals surface area contributed by atoms with Crippen LogP contribution in [-0.2, 0) is 15.1 Å². The Kier molecular flexibility index (Phi) is 7.78. The Balaban J connectivity index is 1.62. The van der Waals surface area contributed by atoms with Crippen LogP contribution in [0.4, 0.5) is 10.5 Å². The SMILES string of the molecule is CC(C)CCOc1ccc(C2(C)NC(=O)N(CC(=O)Nc3ccc(C(=O)N(C)C)cc3)C2=O)cc1. The first-order chi connectivity index (χ1) is 16.5. The summed E-state index contributed by atoms with van der Waals surface area (Å²) in [5, 5.41) is 5.35. The maximum absolute atomic E-state index is 13.1. The van der Waals surface area contributed by atoms with Crippen molar-refractivity contribution in [2.75, 3.05) is 32.6 Å². The molecular formula is C26H32N4O5. The highest BCUT2D eigenvalue weighted by molar-refractivity contribution is 6.10. The Bertz CT molecular complexity index is 1100. The summed E-state index contributed by atoms with van der Waals surface area (Å²) in [6.45, 7) is 6.02. The molecule has 2 aromatic carbocycles. The minimum Gasteiger partial charge on any atom is -0.494 e. The highest BCUT2D eigenvalue weighted by Crippen LogP contribution is 2.30. The second-order valence-electron chi connectivity index (χ2n) is 9.33. The molecule has 3 rings (SSSR count). The van der Waals surface area contributed by atoms with E-state index in [4.69, 9.17) is 4.74 Å². The van der Waals surface area contributed by atoms with Crippen molar-refractivity contribution in [3.05, 3.63) is 59.7 Å². The molecule has 0 aliphatic carbocycles. The average molecular weight is 481 g/mol. The van der Waals surface area contributed by atoms with Crippen molar-refractivity contribution in [2.24, 2.45) is 5.92 Å². The van der Waals surface area contributed by atoms with Crippen molar-refractivity contribution in [3.8, 4) is 5.75 Å². The van der Waals surface area contributed by atoms with Crippen LogP contribution in [0.15, 0.2) is 48.5 Å². The van der Waals surface area contributed by atoms with Crippen LogP contribution in [0.1, 0.15) is 43.1 Å². The zero-order valence-corrected chi connectivity index (χ0v) is 20.8. The Labute approximate surface area is 205 Å². The molecule has 1 fully saturated rings. The summed E-state index contributed by atoms with van der Waals surface area (Å²) in [6.07, 6.45) is 0.934. The monoisotopic (exact) mass is 480 g/mol. The number of nitrogens with one attached hydrogen (secondary N) is 2. The molecule has 2 aromatic rings. The summed E-state index contributed by atoms with van der Waals surface area (Å²) in [7, 11) is 3.31. The second-order valence-corrected chi connectivity index (χ2v) is 9.33.